The van der Waals surface area contributed by atoms with Gasteiger partial charge < -0.3 is 15.4 Å². The Morgan fingerprint density at radius 3 is 2.66 bits per heavy atom. The molecule has 3 N–H and O–H groups in total. The standard InChI is InChI=1S/C23H21F3N4O2/c1-23(4-2-3-5-23)18(9-19(31)32)29-22-17(26)6-12(10-27)20(30-22)15-11-28-21-14(15)7-13(24)8-16(21)25/h6-8,11,18,28H,2-5,9H2,1H3,(H,29,30)(H,31,32)/t18-/m1/s1. The van der Waals surface area contributed by atoms with Gasteiger partial charge in [-0.2, -0.15) is 5.26 Å². The van der Waals surface area contributed by atoms with Crippen LogP contribution in [0.5, 0.6) is 0 Å². The molecule has 0 unspecified atom stereocenters. The van der Waals surface area contributed by atoms with Crippen molar-refractivity contribution in [2.75, 3.05) is 5.32 Å². The highest BCUT2D eigenvalue weighted by atomic mass is 19.1. The van der Waals surface area contributed by atoms with E-state index in [0.29, 0.717) is 0 Å². The molecule has 1 saturated carbocycles. The van der Waals surface area contributed by atoms with Crippen LogP contribution in [-0.2, 0) is 4.79 Å². The number of anilines is 1. The molecule has 166 valence electrons. The molecular weight excluding hydrogens is 421 g/mol. The first-order chi connectivity index (χ1) is 15.2. The number of pyridine rings is 1. The van der Waals surface area contributed by atoms with Gasteiger partial charge >= 0.3 is 5.97 Å². The normalized spacial score (nSPS) is 16.1. The summed E-state index contributed by atoms with van der Waals surface area (Å²) in [4.78, 5) is 18.5. The first-order valence-corrected chi connectivity index (χ1v) is 10.3. The summed E-state index contributed by atoms with van der Waals surface area (Å²) in [5.41, 5.74) is -0.153. The Balaban J connectivity index is 1.81. The van der Waals surface area contributed by atoms with Crippen molar-refractivity contribution in [3.05, 3.63) is 47.4 Å². The summed E-state index contributed by atoms with van der Waals surface area (Å²) in [5.74, 6) is -3.64. The number of nitrogens with one attached hydrogen (secondary N) is 2. The monoisotopic (exact) mass is 442 g/mol. The van der Waals surface area contributed by atoms with Crippen molar-refractivity contribution in [3.63, 3.8) is 0 Å². The predicted molar refractivity (Wildman–Crippen MR) is 112 cm³/mol. The fourth-order valence-electron chi connectivity index (χ4n) is 4.57. The molecule has 32 heavy (non-hydrogen) atoms. The molecule has 1 fully saturated rings. The van der Waals surface area contributed by atoms with E-state index < -0.39 is 29.5 Å². The Hall–Kier alpha value is -3.54. The lowest BCUT2D eigenvalue weighted by molar-refractivity contribution is -0.137. The summed E-state index contributed by atoms with van der Waals surface area (Å²) < 4.78 is 42.8. The van der Waals surface area contributed by atoms with E-state index in [1.807, 2.05) is 13.0 Å². The van der Waals surface area contributed by atoms with Gasteiger partial charge in [0.2, 0.25) is 0 Å². The summed E-state index contributed by atoms with van der Waals surface area (Å²) in [7, 11) is 0. The fraction of sp³-hybridized carbons (Fsp3) is 0.348. The second-order valence-corrected chi connectivity index (χ2v) is 8.50. The summed E-state index contributed by atoms with van der Waals surface area (Å²) in [5, 5.41) is 22.0. The van der Waals surface area contributed by atoms with Crippen LogP contribution in [-0.4, -0.2) is 27.1 Å². The number of fused-ring (bicyclic) bond motifs is 1. The number of halogens is 3. The maximum atomic E-state index is 14.9. The molecule has 0 spiro atoms. The van der Waals surface area contributed by atoms with Crippen molar-refractivity contribution in [1.82, 2.24) is 9.97 Å². The Morgan fingerprint density at radius 1 is 1.28 bits per heavy atom. The Kier molecular flexibility index (Phi) is 5.55. The zero-order valence-corrected chi connectivity index (χ0v) is 17.3. The number of carboxylic acids is 1. The smallest absolute Gasteiger partial charge is 0.305 e. The van der Waals surface area contributed by atoms with Crippen molar-refractivity contribution < 1.29 is 23.1 Å². The number of nitrogens with zero attached hydrogens (tertiary/aromatic N) is 2. The lowest BCUT2D eigenvalue weighted by Crippen LogP contribution is -2.39. The molecule has 9 heteroatoms. The van der Waals surface area contributed by atoms with Gasteiger partial charge in [0.1, 0.15) is 17.7 Å². The molecule has 0 amide bonds. The van der Waals surface area contributed by atoms with E-state index in [2.05, 4.69) is 15.3 Å². The van der Waals surface area contributed by atoms with Crippen molar-refractivity contribution >= 4 is 22.7 Å². The molecule has 1 aliphatic rings. The van der Waals surface area contributed by atoms with Gasteiger partial charge in [-0.05, 0) is 30.4 Å². The molecule has 2 heterocycles. The number of H-pyrrole nitrogens is 1. The maximum Gasteiger partial charge on any atom is 0.305 e. The molecule has 0 radical (unpaired) electrons. The van der Waals surface area contributed by atoms with Crippen molar-refractivity contribution in [2.45, 2.75) is 45.1 Å². The summed E-state index contributed by atoms with van der Waals surface area (Å²) in [6, 6.07) is 4.12. The van der Waals surface area contributed by atoms with Crippen LogP contribution in [0.2, 0.25) is 0 Å². The van der Waals surface area contributed by atoms with E-state index >= 15 is 0 Å². The van der Waals surface area contributed by atoms with E-state index in [1.165, 1.54) is 6.20 Å². The number of rotatable bonds is 6. The average molecular weight is 442 g/mol. The average Bonchev–Trinajstić information content (AvgIpc) is 3.35. The molecule has 3 aromatic rings. The maximum absolute atomic E-state index is 14.9. The number of carboxylic acid groups (broad SMARTS) is 1. The molecule has 1 aliphatic carbocycles. The van der Waals surface area contributed by atoms with Crippen molar-refractivity contribution in [2.24, 2.45) is 5.41 Å². The number of benzene rings is 1. The Bertz CT molecular complexity index is 1240. The number of hydrogen-bond acceptors (Lipinski definition) is 4. The molecule has 1 aromatic carbocycles. The van der Waals surface area contributed by atoms with Gasteiger partial charge in [-0.1, -0.05) is 19.8 Å². The second-order valence-electron chi connectivity index (χ2n) is 8.50. The largest absolute Gasteiger partial charge is 0.481 e. The van der Waals surface area contributed by atoms with Gasteiger partial charge in [0.15, 0.2) is 11.6 Å². The lowest BCUT2D eigenvalue weighted by atomic mass is 9.79. The third kappa shape index (κ3) is 3.88. The minimum absolute atomic E-state index is 0.0353. The summed E-state index contributed by atoms with van der Waals surface area (Å²) >= 11 is 0. The van der Waals surface area contributed by atoms with E-state index in [9.17, 15) is 28.3 Å². The third-order valence-electron chi connectivity index (χ3n) is 6.33. The molecule has 6 nitrogen and oxygen atoms in total. The SMILES string of the molecule is CC1([C@@H](CC(=O)O)Nc2nc(-c3c[nH]c4c(F)cc(F)cc34)c(C#N)cc2F)CCCC1. The van der Waals surface area contributed by atoms with Gasteiger partial charge in [0, 0.05) is 29.3 Å². The van der Waals surface area contributed by atoms with E-state index in [1.54, 1.807) is 0 Å². The van der Waals surface area contributed by atoms with Crippen LogP contribution in [0.3, 0.4) is 0 Å². The van der Waals surface area contributed by atoms with Crippen LogP contribution < -0.4 is 5.32 Å². The highest BCUT2D eigenvalue weighted by molar-refractivity contribution is 5.96. The van der Waals surface area contributed by atoms with E-state index in [0.717, 1.165) is 43.9 Å². The zero-order chi connectivity index (χ0) is 23.0. The first kappa shape index (κ1) is 21.7. The van der Waals surface area contributed by atoms with Crippen LogP contribution in [0, 0.1) is 34.2 Å². The minimum atomic E-state index is -1.02. The molecule has 2 aromatic heterocycles. The Morgan fingerprint density at radius 2 is 2.00 bits per heavy atom. The van der Waals surface area contributed by atoms with Crippen molar-refractivity contribution in [1.29, 1.82) is 5.26 Å². The number of hydrogen-bond donors (Lipinski definition) is 3. The lowest BCUT2D eigenvalue weighted by Gasteiger charge is -2.34. The second kappa shape index (κ2) is 8.19. The number of nitriles is 1. The minimum Gasteiger partial charge on any atom is -0.481 e. The molecule has 0 saturated heterocycles. The molecule has 1 atom stereocenters. The molecular formula is C23H21F3N4O2. The van der Waals surface area contributed by atoms with Crippen LogP contribution in [0.15, 0.2) is 24.4 Å². The van der Waals surface area contributed by atoms with E-state index in [-0.39, 0.29) is 45.4 Å². The van der Waals surface area contributed by atoms with E-state index in [4.69, 9.17) is 0 Å². The molecule has 0 bridgehead atoms. The molecule has 4 rings (SSSR count). The summed E-state index contributed by atoms with van der Waals surface area (Å²) in [6.45, 7) is 1.97. The third-order valence-corrected chi connectivity index (χ3v) is 6.33. The van der Waals surface area contributed by atoms with Crippen LogP contribution in [0.25, 0.3) is 22.2 Å². The Labute approximate surface area is 182 Å². The number of aromatic nitrogens is 2. The molecule has 0 aliphatic heterocycles. The van der Waals surface area contributed by atoms with Crippen LogP contribution in [0.4, 0.5) is 19.0 Å². The van der Waals surface area contributed by atoms with Gasteiger partial charge in [-0.15, -0.1) is 0 Å². The summed E-state index contributed by atoms with van der Waals surface area (Å²) in [6.07, 6.45) is 4.65. The van der Waals surface area contributed by atoms with Gasteiger partial charge in [-0.3, -0.25) is 4.79 Å². The van der Waals surface area contributed by atoms with Gasteiger partial charge in [-0.25, -0.2) is 18.2 Å². The van der Waals surface area contributed by atoms with Gasteiger partial charge in [0.05, 0.1) is 23.2 Å². The van der Waals surface area contributed by atoms with Crippen molar-refractivity contribution in [3.8, 4) is 17.3 Å². The first-order valence-electron chi connectivity index (χ1n) is 10.3. The number of aromatic amines is 1. The van der Waals surface area contributed by atoms with Gasteiger partial charge in [0.25, 0.3) is 0 Å². The fourth-order valence-corrected chi connectivity index (χ4v) is 4.57. The highest BCUT2D eigenvalue weighted by Gasteiger charge is 2.39. The number of carbonyl (C=O) groups is 1. The van der Waals surface area contributed by atoms with Crippen LogP contribution in [0.1, 0.15) is 44.6 Å². The van der Waals surface area contributed by atoms with Crippen LogP contribution >= 0.6 is 0 Å². The topological polar surface area (TPSA) is 102 Å². The highest BCUT2D eigenvalue weighted by Crippen LogP contribution is 2.43. The number of aliphatic carboxylic acids is 1. The quantitative estimate of drug-likeness (QED) is 0.477. The predicted octanol–water partition coefficient (Wildman–Crippen LogP) is 5.35. The zero-order valence-electron chi connectivity index (χ0n) is 17.3.